The van der Waals surface area contributed by atoms with E-state index in [2.05, 4.69) is 0 Å². The van der Waals surface area contributed by atoms with E-state index in [-0.39, 0.29) is 11.5 Å². The topological polar surface area (TPSA) is 44.0 Å². The van der Waals surface area contributed by atoms with Crippen LogP contribution in [-0.4, -0.2) is 20.3 Å². The minimum Gasteiger partial charge on any atom is -0.295 e. The third kappa shape index (κ3) is 1.78. The molecule has 1 atom stereocenters. The van der Waals surface area contributed by atoms with Gasteiger partial charge in [-0.2, -0.15) is 0 Å². The molecule has 2 rings (SSSR count). The number of nitrogens with zero attached hydrogens (tertiary/aromatic N) is 2. The fourth-order valence-corrected chi connectivity index (χ4v) is 2.02. The molecular weight excluding hydrogens is 240 g/mol. The lowest BCUT2D eigenvalue weighted by atomic mass is 10.1. The second kappa shape index (κ2) is 4.04. The van der Waals surface area contributed by atoms with Crippen molar-refractivity contribution in [3.63, 3.8) is 0 Å². The predicted molar refractivity (Wildman–Crippen MR) is 67.8 cm³/mol. The summed E-state index contributed by atoms with van der Waals surface area (Å²) in [5, 5.41) is -0.562. The second-order valence-electron chi connectivity index (χ2n) is 4.08. The molecule has 0 bridgehead atoms. The second-order valence-corrected chi connectivity index (χ2v) is 4.74. The Morgan fingerprint density at radius 3 is 2.41 bits per heavy atom. The number of alkyl halides is 1. The third-order valence-corrected chi connectivity index (χ3v) is 3.12. The van der Waals surface area contributed by atoms with E-state index in [9.17, 15) is 9.59 Å². The molecule has 0 aliphatic rings. The van der Waals surface area contributed by atoms with Crippen molar-refractivity contribution in [1.82, 2.24) is 9.13 Å². The average Bonchev–Trinajstić information content (AvgIpc) is 2.53. The van der Waals surface area contributed by atoms with Crippen LogP contribution < -0.4 is 5.69 Å². The first kappa shape index (κ1) is 11.9. The minimum absolute atomic E-state index is 0.108. The van der Waals surface area contributed by atoms with E-state index in [4.69, 9.17) is 11.6 Å². The van der Waals surface area contributed by atoms with E-state index in [1.807, 2.05) is 0 Å². The lowest BCUT2D eigenvalue weighted by Gasteiger charge is -2.03. The summed E-state index contributed by atoms with van der Waals surface area (Å²) in [5.74, 6) is -0.134. The van der Waals surface area contributed by atoms with Gasteiger partial charge in [-0.25, -0.2) is 4.79 Å². The molecule has 0 saturated heterocycles. The number of fused-ring (bicyclic) bond motifs is 1. The van der Waals surface area contributed by atoms with Gasteiger partial charge in [-0.05, 0) is 25.1 Å². The van der Waals surface area contributed by atoms with E-state index in [0.717, 1.165) is 11.0 Å². The highest BCUT2D eigenvalue weighted by molar-refractivity contribution is 6.33. The number of carbonyl (C=O) groups excluding carboxylic acids is 1. The lowest BCUT2D eigenvalue weighted by molar-refractivity contribution is 0.0992. The first-order valence-electron chi connectivity index (χ1n) is 5.27. The average molecular weight is 253 g/mol. The third-order valence-electron chi connectivity index (χ3n) is 2.92. The molecule has 1 heterocycles. The summed E-state index contributed by atoms with van der Waals surface area (Å²) in [5.41, 5.74) is 1.96. The molecule has 0 aliphatic carbocycles. The van der Waals surface area contributed by atoms with E-state index in [1.54, 1.807) is 43.8 Å². The molecule has 1 aromatic carbocycles. The van der Waals surface area contributed by atoms with Crippen LogP contribution in [-0.2, 0) is 14.1 Å². The number of imidazole rings is 1. The Morgan fingerprint density at radius 1 is 1.24 bits per heavy atom. The maximum atomic E-state index is 11.8. The number of aryl methyl sites for hydroxylation is 2. The van der Waals surface area contributed by atoms with Gasteiger partial charge in [0.25, 0.3) is 0 Å². The summed E-state index contributed by atoms with van der Waals surface area (Å²) in [6, 6.07) is 5.17. The standard InChI is InChI=1S/C12H13ClN2O2/c1-7(13)11(16)8-4-5-9-10(6-8)15(3)12(17)14(9)2/h4-7H,1-3H3. The number of halogens is 1. The number of carbonyl (C=O) groups is 1. The molecule has 90 valence electrons. The highest BCUT2D eigenvalue weighted by atomic mass is 35.5. The van der Waals surface area contributed by atoms with Crippen LogP contribution in [0.3, 0.4) is 0 Å². The first-order chi connectivity index (χ1) is 7.93. The highest BCUT2D eigenvalue weighted by Gasteiger charge is 2.15. The van der Waals surface area contributed by atoms with Crippen molar-refractivity contribution in [2.75, 3.05) is 0 Å². The van der Waals surface area contributed by atoms with Gasteiger partial charge < -0.3 is 0 Å². The predicted octanol–water partition coefficient (Wildman–Crippen LogP) is 1.69. The summed E-state index contributed by atoms with van der Waals surface area (Å²) < 4.78 is 3.07. The Bertz CT molecular complexity index is 652. The maximum Gasteiger partial charge on any atom is 0.328 e. The number of Topliss-reactive ketones (excluding diaryl/α,β-unsaturated/α-hetero) is 1. The normalized spacial score (nSPS) is 12.9. The zero-order valence-electron chi connectivity index (χ0n) is 9.90. The van der Waals surface area contributed by atoms with Gasteiger partial charge in [-0.15, -0.1) is 11.6 Å². The molecule has 1 unspecified atom stereocenters. The Balaban J connectivity index is 2.71. The number of benzene rings is 1. The zero-order chi connectivity index (χ0) is 12.7. The molecule has 5 heteroatoms. The van der Waals surface area contributed by atoms with Crippen molar-refractivity contribution in [1.29, 1.82) is 0 Å². The van der Waals surface area contributed by atoms with E-state index in [1.165, 1.54) is 4.57 Å². The number of aromatic nitrogens is 2. The Kier molecular flexibility index (Phi) is 2.83. The van der Waals surface area contributed by atoms with Gasteiger partial charge in [0.1, 0.15) is 0 Å². The molecule has 0 saturated carbocycles. The van der Waals surface area contributed by atoms with Crippen molar-refractivity contribution in [3.05, 3.63) is 34.2 Å². The molecule has 0 spiro atoms. The Morgan fingerprint density at radius 2 is 1.82 bits per heavy atom. The van der Waals surface area contributed by atoms with Crippen molar-refractivity contribution in [3.8, 4) is 0 Å². The molecule has 0 amide bonds. The molecule has 4 nitrogen and oxygen atoms in total. The Labute approximate surface area is 103 Å². The van der Waals surface area contributed by atoms with Crippen LogP contribution in [0.5, 0.6) is 0 Å². The quantitative estimate of drug-likeness (QED) is 0.603. The summed E-state index contributed by atoms with van der Waals surface area (Å²) in [6.45, 7) is 1.64. The molecule has 0 radical (unpaired) electrons. The summed E-state index contributed by atoms with van der Waals surface area (Å²) in [6.07, 6.45) is 0. The minimum atomic E-state index is -0.562. The van der Waals surface area contributed by atoms with Crippen LogP contribution in [0.2, 0.25) is 0 Å². The number of ketones is 1. The number of rotatable bonds is 2. The number of hydrogen-bond donors (Lipinski definition) is 0. The van der Waals surface area contributed by atoms with Crippen LogP contribution >= 0.6 is 11.6 Å². The van der Waals surface area contributed by atoms with E-state index in [0.29, 0.717) is 5.56 Å². The van der Waals surface area contributed by atoms with E-state index < -0.39 is 5.38 Å². The smallest absolute Gasteiger partial charge is 0.295 e. The Hall–Kier alpha value is -1.55. The SMILES string of the molecule is CC(Cl)C(=O)c1ccc2c(c1)n(C)c(=O)n2C. The molecule has 0 N–H and O–H groups in total. The zero-order valence-corrected chi connectivity index (χ0v) is 10.7. The van der Waals surface area contributed by atoms with Crippen LogP contribution in [0.25, 0.3) is 11.0 Å². The fourth-order valence-electron chi connectivity index (χ4n) is 1.89. The van der Waals surface area contributed by atoms with Gasteiger partial charge >= 0.3 is 5.69 Å². The summed E-state index contributed by atoms with van der Waals surface area (Å²) in [7, 11) is 3.39. The van der Waals surface area contributed by atoms with Gasteiger partial charge in [0.2, 0.25) is 0 Å². The number of hydrogen-bond acceptors (Lipinski definition) is 2. The van der Waals surface area contributed by atoms with Crippen LogP contribution in [0.4, 0.5) is 0 Å². The van der Waals surface area contributed by atoms with Crippen molar-refractivity contribution < 1.29 is 4.79 Å². The molecule has 2 aromatic rings. The van der Waals surface area contributed by atoms with E-state index >= 15 is 0 Å². The maximum absolute atomic E-state index is 11.8. The summed E-state index contributed by atoms with van der Waals surface area (Å²) >= 11 is 5.77. The summed E-state index contributed by atoms with van der Waals surface area (Å²) in [4.78, 5) is 23.5. The van der Waals surface area contributed by atoms with Crippen LogP contribution in [0, 0.1) is 0 Å². The molecule has 1 aromatic heterocycles. The molecular formula is C12H13ClN2O2. The lowest BCUT2D eigenvalue weighted by Crippen LogP contribution is -2.19. The monoisotopic (exact) mass is 252 g/mol. The van der Waals surface area contributed by atoms with Gasteiger partial charge in [0.05, 0.1) is 16.4 Å². The first-order valence-corrected chi connectivity index (χ1v) is 5.71. The van der Waals surface area contributed by atoms with Gasteiger partial charge in [0, 0.05) is 19.7 Å². The largest absolute Gasteiger partial charge is 0.328 e. The van der Waals surface area contributed by atoms with Gasteiger partial charge in [0.15, 0.2) is 5.78 Å². The molecule has 17 heavy (non-hydrogen) atoms. The molecule has 0 fully saturated rings. The highest BCUT2D eigenvalue weighted by Crippen LogP contribution is 2.16. The van der Waals surface area contributed by atoms with Crippen molar-refractivity contribution in [2.24, 2.45) is 14.1 Å². The van der Waals surface area contributed by atoms with Crippen molar-refractivity contribution >= 4 is 28.4 Å². The van der Waals surface area contributed by atoms with Gasteiger partial charge in [-0.1, -0.05) is 0 Å². The molecule has 0 aliphatic heterocycles. The van der Waals surface area contributed by atoms with Crippen LogP contribution in [0.1, 0.15) is 17.3 Å². The fraction of sp³-hybridized carbons (Fsp3) is 0.333. The van der Waals surface area contributed by atoms with Gasteiger partial charge in [-0.3, -0.25) is 13.9 Å². The van der Waals surface area contributed by atoms with Crippen molar-refractivity contribution in [2.45, 2.75) is 12.3 Å². The van der Waals surface area contributed by atoms with Crippen LogP contribution in [0.15, 0.2) is 23.0 Å².